The van der Waals surface area contributed by atoms with E-state index in [1.807, 2.05) is 0 Å². The van der Waals surface area contributed by atoms with Crippen LogP contribution in [0.15, 0.2) is 78.9 Å². The lowest BCUT2D eigenvalue weighted by molar-refractivity contribution is -0.170. The minimum atomic E-state index is -2.74. The molecule has 0 aliphatic carbocycles. The van der Waals surface area contributed by atoms with Gasteiger partial charge in [0.2, 0.25) is 0 Å². The van der Waals surface area contributed by atoms with Crippen LogP contribution in [-0.4, -0.2) is 92.1 Å². The molecule has 3 aromatic carbocycles. The maximum atomic E-state index is 10.3. The number of aliphatic hydroxyl groups is 1. The smallest absolute Gasteiger partial charge is 0.336 e. The average molecular weight is 697 g/mol. The van der Waals surface area contributed by atoms with Gasteiger partial charge in [-0.2, -0.15) is 0 Å². The number of fused-ring (bicyclic) bond motifs is 3. The quantitative estimate of drug-likeness (QED) is 0.186. The molecule has 3 heterocycles. The Bertz CT molecular complexity index is 1480. The Morgan fingerprint density at radius 1 is 0.840 bits per heavy atom. The summed E-state index contributed by atoms with van der Waals surface area (Å²) in [5.74, 6) is -2.99. The minimum Gasteiger partial charge on any atom is -0.496 e. The van der Waals surface area contributed by atoms with E-state index >= 15 is 0 Å². The molecule has 0 unspecified atom stereocenters. The maximum absolute atomic E-state index is 10.3. The summed E-state index contributed by atoms with van der Waals surface area (Å²) in [6.07, 6.45) is 0.274. The molecule has 0 amide bonds. The monoisotopic (exact) mass is 696 g/mol. The second-order valence-corrected chi connectivity index (χ2v) is 13.8. The van der Waals surface area contributed by atoms with Crippen LogP contribution >= 0.6 is 0 Å². The summed E-state index contributed by atoms with van der Waals surface area (Å²) >= 11 is 0. The number of nitrogens with zero attached hydrogens (tertiary/aromatic N) is 1. The Kier molecular flexibility index (Phi) is 15.1. The number of ether oxygens (including phenoxy) is 1. The fourth-order valence-corrected chi connectivity index (χ4v) is 7.02. The topological polar surface area (TPSA) is 220 Å². The summed E-state index contributed by atoms with van der Waals surface area (Å²) in [6.45, 7) is 10.1. The van der Waals surface area contributed by atoms with E-state index in [1.54, 1.807) is 7.11 Å². The first kappa shape index (κ1) is 41.8. The highest BCUT2D eigenvalue weighted by Gasteiger charge is 2.46. The first-order chi connectivity index (χ1) is 22.7. The number of nitrogens with one attached hydrogen (secondary N) is 1. The molecule has 6 rings (SSSR count). The van der Waals surface area contributed by atoms with Crippen LogP contribution in [0.4, 0.5) is 0 Å². The molecular weight excluding hydrogens is 644 g/mol. The van der Waals surface area contributed by atoms with Gasteiger partial charge in [-0.15, -0.1) is 0 Å². The number of carboxylic acid groups (broad SMARTS) is 3. The average Bonchev–Trinajstić information content (AvgIpc) is 3.04. The van der Waals surface area contributed by atoms with Gasteiger partial charge in [0.15, 0.2) is 5.60 Å². The number of benzene rings is 3. The summed E-state index contributed by atoms with van der Waals surface area (Å²) in [6, 6.07) is 29.8. The molecule has 12 heteroatoms. The summed E-state index contributed by atoms with van der Waals surface area (Å²) in [5, 5.41) is 37.9. The predicted octanol–water partition coefficient (Wildman–Crippen LogP) is 3.48. The lowest BCUT2D eigenvalue weighted by Gasteiger charge is -2.54. The molecular formula is C38H52N2O10. The number of methoxy groups -OCH3 is 1. The van der Waals surface area contributed by atoms with E-state index in [-0.39, 0.29) is 16.4 Å². The van der Waals surface area contributed by atoms with Crippen LogP contribution in [0.5, 0.6) is 5.75 Å². The third-order valence-corrected chi connectivity index (χ3v) is 9.49. The molecule has 2 bridgehead atoms. The van der Waals surface area contributed by atoms with Gasteiger partial charge < -0.3 is 41.4 Å². The summed E-state index contributed by atoms with van der Waals surface area (Å²) in [7, 11) is 1.79. The molecule has 50 heavy (non-hydrogen) atoms. The highest BCUT2D eigenvalue weighted by atomic mass is 16.5. The van der Waals surface area contributed by atoms with E-state index in [0.717, 1.165) is 12.3 Å². The summed E-state index contributed by atoms with van der Waals surface area (Å²) in [4.78, 5) is 33.2. The van der Waals surface area contributed by atoms with Gasteiger partial charge in [-0.1, -0.05) is 93.6 Å². The van der Waals surface area contributed by atoms with Crippen LogP contribution in [0.3, 0.4) is 0 Å². The van der Waals surface area contributed by atoms with Gasteiger partial charge in [0.1, 0.15) is 5.75 Å². The van der Waals surface area contributed by atoms with Crippen molar-refractivity contribution in [2.45, 2.75) is 82.0 Å². The lowest BCUT2D eigenvalue weighted by Crippen LogP contribution is -2.64. The molecule has 0 spiro atoms. The molecule has 3 fully saturated rings. The van der Waals surface area contributed by atoms with Crippen LogP contribution < -0.4 is 10.1 Å². The van der Waals surface area contributed by atoms with E-state index in [1.165, 1.54) is 48.2 Å². The Hall–Kier alpha value is -4.33. The first-order valence-corrected chi connectivity index (χ1v) is 16.4. The maximum Gasteiger partial charge on any atom is 0.336 e. The lowest BCUT2D eigenvalue weighted by atomic mass is 9.70. The molecule has 9 N–H and O–H groups in total. The highest BCUT2D eigenvalue weighted by Crippen LogP contribution is 2.42. The van der Waals surface area contributed by atoms with Crippen LogP contribution in [0, 0.1) is 5.92 Å². The molecule has 0 radical (unpaired) electrons. The molecule has 12 nitrogen and oxygen atoms in total. The fourth-order valence-electron chi connectivity index (χ4n) is 7.02. The standard InChI is InChI=1S/C32H40N2O.C6H8O7.2H2O/c1-32(2,3)27-15-16-28(35-4)26(21-27)22-33-30-25-17-19-34(20-18-25)31(30)29(23-11-7-5-8-12-23)24-13-9-6-10-14-24;7-3(8)1-6(13,5(11)12)2-4(9)10;;/h5-16,21,25,29-31,33H,17-20,22H2,1-4H3;13H,1-2H2,(H,7,8)(H,9,10)(H,11,12);2*1H2/t30-,31-;;;/m0.../s1. The van der Waals surface area contributed by atoms with Crippen molar-refractivity contribution >= 4 is 17.9 Å². The molecule has 3 aliphatic rings. The number of carboxylic acids is 3. The van der Waals surface area contributed by atoms with Crippen LogP contribution in [-0.2, 0) is 26.3 Å². The van der Waals surface area contributed by atoms with Crippen molar-refractivity contribution in [1.82, 2.24) is 10.2 Å². The second-order valence-electron chi connectivity index (χ2n) is 13.8. The van der Waals surface area contributed by atoms with Gasteiger partial charge in [-0.25, -0.2) is 4.79 Å². The van der Waals surface area contributed by atoms with Crippen molar-refractivity contribution in [3.8, 4) is 5.75 Å². The fraction of sp³-hybridized carbons (Fsp3) is 0.447. The predicted molar refractivity (Wildman–Crippen MR) is 189 cm³/mol. The summed E-state index contributed by atoms with van der Waals surface area (Å²) < 4.78 is 5.78. The normalized spacial score (nSPS) is 19.6. The number of carbonyl (C=O) groups is 3. The number of rotatable bonds is 12. The molecule has 2 atom stereocenters. The van der Waals surface area contributed by atoms with Gasteiger partial charge in [0, 0.05) is 30.1 Å². The molecule has 3 aromatic rings. The minimum absolute atomic E-state index is 0. The number of hydrogen-bond acceptors (Lipinski definition) is 7. The van der Waals surface area contributed by atoms with Crippen molar-refractivity contribution in [3.05, 3.63) is 101 Å². The third-order valence-electron chi connectivity index (χ3n) is 9.49. The molecule has 3 saturated heterocycles. The highest BCUT2D eigenvalue weighted by molar-refractivity contribution is 5.88. The number of hydrogen-bond donors (Lipinski definition) is 5. The SMILES string of the molecule is COc1ccc(C(C)(C)C)cc1CN[C@H]1C2CCN(CC2)[C@H]1C(c1ccccc1)c1ccccc1.O.O.O=C(O)CC(O)(CC(=O)O)C(=O)O. The molecule has 274 valence electrons. The Morgan fingerprint density at radius 3 is 1.76 bits per heavy atom. The van der Waals surface area contributed by atoms with Crippen LogP contribution in [0.2, 0.25) is 0 Å². The van der Waals surface area contributed by atoms with Crippen molar-refractivity contribution in [2.24, 2.45) is 5.92 Å². The number of aliphatic carboxylic acids is 3. The van der Waals surface area contributed by atoms with Crippen molar-refractivity contribution in [1.29, 1.82) is 0 Å². The van der Waals surface area contributed by atoms with E-state index in [4.69, 9.17) is 25.2 Å². The second kappa shape index (κ2) is 18.1. The van der Waals surface area contributed by atoms with E-state index in [2.05, 4.69) is 110 Å². The van der Waals surface area contributed by atoms with Crippen molar-refractivity contribution in [3.63, 3.8) is 0 Å². The molecule has 3 aliphatic heterocycles. The number of piperidine rings is 3. The van der Waals surface area contributed by atoms with Gasteiger partial charge in [0.25, 0.3) is 0 Å². The van der Waals surface area contributed by atoms with Crippen molar-refractivity contribution in [2.75, 3.05) is 20.2 Å². The van der Waals surface area contributed by atoms with Gasteiger partial charge >= 0.3 is 17.9 Å². The largest absolute Gasteiger partial charge is 0.496 e. The van der Waals surface area contributed by atoms with Gasteiger partial charge in [-0.05, 0) is 60.0 Å². The Morgan fingerprint density at radius 2 is 1.34 bits per heavy atom. The molecule has 0 aromatic heterocycles. The first-order valence-electron chi connectivity index (χ1n) is 16.4. The van der Waals surface area contributed by atoms with Gasteiger partial charge in [0.05, 0.1) is 20.0 Å². The van der Waals surface area contributed by atoms with Crippen LogP contribution in [0.25, 0.3) is 0 Å². The Balaban J connectivity index is 0.000000497. The molecule has 0 saturated carbocycles. The van der Waals surface area contributed by atoms with Crippen molar-refractivity contribution < 1.29 is 50.5 Å². The Labute approximate surface area is 293 Å². The third kappa shape index (κ3) is 10.3. The zero-order valence-corrected chi connectivity index (χ0v) is 29.1. The van der Waals surface area contributed by atoms with E-state index < -0.39 is 36.4 Å². The zero-order chi connectivity index (χ0) is 35.1. The van der Waals surface area contributed by atoms with E-state index in [0.29, 0.717) is 23.9 Å². The van der Waals surface area contributed by atoms with Crippen LogP contribution in [0.1, 0.15) is 74.6 Å². The zero-order valence-electron chi connectivity index (χ0n) is 29.1. The van der Waals surface area contributed by atoms with Gasteiger partial charge in [-0.3, -0.25) is 14.5 Å². The van der Waals surface area contributed by atoms with E-state index in [9.17, 15) is 14.4 Å². The summed E-state index contributed by atoms with van der Waals surface area (Å²) in [5.41, 5.74) is 2.81.